The smallest absolute Gasteiger partial charge is 0.407 e. The number of amides is 1. The zero-order valence-electron chi connectivity index (χ0n) is 10.5. The fraction of sp³-hybridized carbons (Fsp3) is 0.909. The van der Waals surface area contributed by atoms with E-state index in [1.807, 2.05) is 0 Å². The van der Waals surface area contributed by atoms with Gasteiger partial charge in [0.25, 0.3) is 0 Å². The van der Waals surface area contributed by atoms with E-state index in [2.05, 4.69) is 5.32 Å². The van der Waals surface area contributed by atoms with E-state index in [0.29, 0.717) is 13.0 Å². The third kappa shape index (κ3) is 8.49. The summed E-state index contributed by atoms with van der Waals surface area (Å²) in [4.78, 5) is 11.4. The zero-order valence-corrected chi connectivity index (χ0v) is 10.5. The molecule has 0 aromatic rings. The third-order valence-corrected chi connectivity index (χ3v) is 1.95. The van der Waals surface area contributed by atoms with Gasteiger partial charge in [-0.1, -0.05) is 6.42 Å². The summed E-state index contributed by atoms with van der Waals surface area (Å²) in [5, 5.41) is 11.7. The fourth-order valence-corrected chi connectivity index (χ4v) is 1.22. The molecule has 5 heteroatoms. The number of alkyl carbamates (subject to hydrolysis) is 1. The van der Waals surface area contributed by atoms with Crippen molar-refractivity contribution in [2.75, 3.05) is 13.2 Å². The number of aliphatic hydroxyl groups is 1. The first kappa shape index (κ1) is 15.2. The van der Waals surface area contributed by atoms with Gasteiger partial charge in [-0.05, 0) is 40.2 Å². The standard InChI is InChI=1S/C11H24N2O3/c1-11(2,3)16-10(15)13-9(8-14)6-4-5-7-12/h9,14H,4-8,12H2,1-3H3,(H,13,15)/t9-/m0/s1. The highest BCUT2D eigenvalue weighted by atomic mass is 16.6. The van der Waals surface area contributed by atoms with Gasteiger partial charge in [0.15, 0.2) is 0 Å². The Kier molecular flexibility index (Phi) is 7.08. The number of aliphatic hydroxyl groups excluding tert-OH is 1. The van der Waals surface area contributed by atoms with E-state index in [0.717, 1.165) is 12.8 Å². The van der Waals surface area contributed by atoms with Crippen LogP contribution in [-0.2, 0) is 4.74 Å². The van der Waals surface area contributed by atoms with E-state index < -0.39 is 11.7 Å². The van der Waals surface area contributed by atoms with E-state index in [1.54, 1.807) is 20.8 Å². The van der Waals surface area contributed by atoms with E-state index in [1.165, 1.54) is 0 Å². The number of carbonyl (C=O) groups excluding carboxylic acids is 1. The van der Waals surface area contributed by atoms with Crippen LogP contribution in [0.15, 0.2) is 0 Å². The minimum atomic E-state index is -0.513. The van der Waals surface area contributed by atoms with Crippen molar-refractivity contribution < 1.29 is 14.6 Å². The first-order valence-electron chi connectivity index (χ1n) is 5.69. The second kappa shape index (κ2) is 7.46. The average molecular weight is 232 g/mol. The summed E-state index contributed by atoms with van der Waals surface area (Å²) >= 11 is 0. The Labute approximate surface area is 97.3 Å². The number of unbranched alkanes of at least 4 members (excludes halogenated alkanes) is 1. The maximum Gasteiger partial charge on any atom is 0.407 e. The van der Waals surface area contributed by atoms with Crippen LogP contribution in [0, 0.1) is 0 Å². The molecule has 1 amide bonds. The molecule has 0 unspecified atom stereocenters. The Hall–Kier alpha value is -0.810. The Morgan fingerprint density at radius 2 is 2.06 bits per heavy atom. The van der Waals surface area contributed by atoms with E-state index in [-0.39, 0.29) is 12.6 Å². The molecule has 0 aliphatic carbocycles. The molecule has 0 aliphatic heterocycles. The van der Waals surface area contributed by atoms with Crippen molar-refractivity contribution in [1.82, 2.24) is 5.32 Å². The van der Waals surface area contributed by atoms with Gasteiger partial charge in [-0.25, -0.2) is 4.79 Å². The summed E-state index contributed by atoms with van der Waals surface area (Å²) in [5.74, 6) is 0. The quantitative estimate of drug-likeness (QED) is 0.596. The highest BCUT2D eigenvalue weighted by molar-refractivity contribution is 5.68. The summed E-state index contributed by atoms with van der Waals surface area (Å²) in [6.07, 6.45) is 2.01. The van der Waals surface area contributed by atoms with Crippen LogP contribution in [0.3, 0.4) is 0 Å². The highest BCUT2D eigenvalue weighted by Crippen LogP contribution is 2.07. The predicted octanol–water partition coefficient (Wildman–Crippen LogP) is 1.00. The topological polar surface area (TPSA) is 84.6 Å². The van der Waals surface area contributed by atoms with Crippen molar-refractivity contribution in [3.05, 3.63) is 0 Å². The minimum absolute atomic E-state index is 0.0795. The largest absolute Gasteiger partial charge is 0.444 e. The Balaban J connectivity index is 3.88. The highest BCUT2D eigenvalue weighted by Gasteiger charge is 2.18. The molecular weight excluding hydrogens is 208 g/mol. The lowest BCUT2D eigenvalue weighted by atomic mass is 10.1. The molecule has 0 heterocycles. The fourth-order valence-electron chi connectivity index (χ4n) is 1.22. The molecular formula is C11H24N2O3. The third-order valence-electron chi connectivity index (χ3n) is 1.95. The number of nitrogens with one attached hydrogen (secondary N) is 1. The van der Waals surface area contributed by atoms with Crippen molar-refractivity contribution in [2.24, 2.45) is 5.73 Å². The summed E-state index contributed by atoms with van der Waals surface area (Å²) in [5.41, 5.74) is 4.85. The molecule has 5 nitrogen and oxygen atoms in total. The number of hydrogen-bond acceptors (Lipinski definition) is 4. The zero-order chi connectivity index (χ0) is 12.6. The lowest BCUT2D eigenvalue weighted by molar-refractivity contribution is 0.0478. The van der Waals surface area contributed by atoms with Crippen molar-refractivity contribution >= 4 is 6.09 Å². The van der Waals surface area contributed by atoms with Crippen molar-refractivity contribution in [3.63, 3.8) is 0 Å². The molecule has 0 saturated carbocycles. The van der Waals surface area contributed by atoms with Crippen molar-refractivity contribution in [2.45, 2.75) is 51.7 Å². The van der Waals surface area contributed by atoms with Crippen LogP contribution >= 0.6 is 0 Å². The first-order valence-corrected chi connectivity index (χ1v) is 5.69. The molecule has 0 aromatic carbocycles. The number of ether oxygens (including phenoxy) is 1. The van der Waals surface area contributed by atoms with Gasteiger partial charge in [-0.2, -0.15) is 0 Å². The van der Waals surface area contributed by atoms with E-state index >= 15 is 0 Å². The molecule has 16 heavy (non-hydrogen) atoms. The van der Waals surface area contributed by atoms with Crippen molar-refractivity contribution in [3.8, 4) is 0 Å². The number of nitrogens with two attached hydrogens (primary N) is 1. The lowest BCUT2D eigenvalue weighted by Gasteiger charge is -2.22. The van der Waals surface area contributed by atoms with Crippen LogP contribution in [0.4, 0.5) is 4.79 Å². The first-order chi connectivity index (χ1) is 7.39. The molecule has 0 radical (unpaired) electrons. The van der Waals surface area contributed by atoms with Crippen LogP contribution in [-0.4, -0.2) is 36.0 Å². The van der Waals surface area contributed by atoms with Crippen molar-refractivity contribution in [1.29, 1.82) is 0 Å². The summed E-state index contributed by atoms with van der Waals surface area (Å²) < 4.78 is 5.09. The van der Waals surface area contributed by atoms with Gasteiger partial charge in [-0.15, -0.1) is 0 Å². The van der Waals surface area contributed by atoms with Gasteiger partial charge >= 0.3 is 6.09 Å². The van der Waals surface area contributed by atoms with Crippen LogP contribution in [0.5, 0.6) is 0 Å². The van der Waals surface area contributed by atoms with Crippen LogP contribution in [0.2, 0.25) is 0 Å². The molecule has 96 valence electrons. The predicted molar refractivity (Wildman–Crippen MR) is 63.1 cm³/mol. The van der Waals surface area contributed by atoms with Gasteiger partial charge in [0.2, 0.25) is 0 Å². The molecule has 0 aliphatic rings. The van der Waals surface area contributed by atoms with E-state index in [9.17, 15) is 4.79 Å². The van der Waals surface area contributed by atoms with Crippen LogP contribution < -0.4 is 11.1 Å². The molecule has 0 saturated heterocycles. The maximum atomic E-state index is 11.4. The number of carbonyl (C=O) groups is 1. The normalized spacial score (nSPS) is 13.3. The average Bonchev–Trinajstić information content (AvgIpc) is 2.13. The Bertz CT molecular complexity index is 202. The van der Waals surface area contributed by atoms with Crippen LogP contribution in [0.1, 0.15) is 40.0 Å². The molecule has 0 fully saturated rings. The second-order valence-electron chi connectivity index (χ2n) is 4.81. The van der Waals surface area contributed by atoms with E-state index in [4.69, 9.17) is 15.6 Å². The second-order valence-corrected chi connectivity index (χ2v) is 4.81. The van der Waals surface area contributed by atoms with Gasteiger partial charge in [0.05, 0.1) is 12.6 Å². The lowest BCUT2D eigenvalue weighted by Crippen LogP contribution is -2.41. The molecule has 0 rings (SSSR count). The van der Waals surface area contributed by atoms with Gasteiger partial charge in [0.1, 0.15) is 5.60 Å². The maximum absolute atomic E-state index is 11.4. The SMILES string of the molecule is CC(C)(C)OC(=O)N[C@H](CO)CCCCN. The monoisotopic (exact) mass is 232 g/mol. The molecule has 0 spiro atoms. The van der Waals surface area contributed by atoms with Gasteiger partial charge in [0, 0.05) is 0 Å². The van der Waals surface area contributed by atoms with Gasteiger partial charge in [-0.3, -0.25) is 0 Å². The van der Waals surface area contributed by atoms with Crippen LogP contribution in [0.25, 0.3) is 0 Å². The molecule has 0 aromatic heterocycles. The summed E-state index contributed by atoms with van der Waals surface area (Å²) in [7, 11) is 0. The molecule has 4 N–H and O–H groups in total. The van der Waals surface area contributed by atoms with Gasteiger partial charge < -0.3 is 20.9 Å². The Morgan fingerprint density at radius 1 is 1.44 bits per heavy atom. The summed E-state index contributed by atoms with van der Waals surface area (Å²) in [6, 6.07) is -0.249. The number of rotatable bonds is 6. The minimum Gasteiger partial charge on any atom is -0.444 e. The summed E-state index contributed by atoms with van der Waals surface area (Å²) in [6.45, 7) is 5.95. The molecule has 1 atom stereocenters. The molecule has 0 bridgehead atoms. The Morgan fingerprint density at radius 3 is 2.50 bits per heavy atom. The number of hydrogen-bond donors (Lipinski definition) is 3.